The van der Waals surface area contributed by atoms with E-state index in [-0.39, 0.29) is 4.90 Å². The van der Waals surface area contributed by atoms with E-state index >= 15 is 0 Å². The maximum Gasteiger partial charge on any atom is 0.263 e. The lowest BCUT2D eigenvalue weighted by molar-refractivity contribution is 0.404. The van der Waals surface area contributed by atoms with E-state index in [2.05, 4.69) is 21.9 Å². The van der Waals surface area contributed by atoms with Crippen LogP contribution in [0.25, 0.3) is 11.5 Å². The van der Waals surface area contributed by atoms with Crippen LogP contribution in [0.3, 0.4) is 0 Å². The van der Waals surface area contributed by atoms with Gasteiger partial charge in [-0.05, 0) is 55.2 Å². The lowest BCUT2D eigenvalue weighted by atomic mass is 9.99. The molecule has 0 amide bonds. The van der Waals surface area contributed by atoms with Gasteiger partial charge in [-0.3, -0.25) is 9.71 Å². The van der Waals surface area contributed by atoms with Gasteiger partial charge >= 0.3 is 0 Å². The van der Waals surface area contributed by atoms with Gasteiger partial charge in [0.25, 0.3) is 10.0 Å². The summed E-state index contributed by atoms with van der Waals surface area (Å²) in [6.07, 6.45) is 9.43. The summed E-state index contributed by atoms with van der Waals surface area (Å²) in [6.45, 7) is 2.82. The number of aromatic nitrogens is 1. The van der Waals surface area contributed by atoms with Gasteiger partial charge in [0.1, 0.15) is 10.6 Å². The highest BCUT2D eigenvalue weighted by molar-refractivity contribution is 7.92. The molecule has 1 aromatic carbocycles. The average Bonchev–Trinajstić information content (AvgIpc) is 3.47. The highest BCUT2D eigenvalue weighted by atomic mass is 32.2. The van der Waals surface area contributed by atoms with Crippen molar-refractivity contribution in [2.75, 3.05) is 4.72 Å². The zero-order valence-corrected chi connectivity index (χ0v) is 18.6. The van der Waals surface area contributed by atoms with Gasteiger partial charge in [0.05, 0.1) is 12.0 Å². The molecule has 0 bridgehead atoms. The summed E-state index contributed by atoms with van der Waals surface area (Å²) in [4.78, 5) is 4.35. The van der Waals surface area contributed by atoms with Crippen molar-refractivity contribution in [3.8, 4) is 11.5 Å². The third kappa shape index (κ3) is 5.54. The van der Waals surface area contributed by atoms with Gasteiger partial charge in [-0.25, -0.2) is 8.42 Å². The van der Waals surface area contributed by atoms with Crippen LogP contribution in [0, 0.1) is 5.92 Å². The first-order chi connectivity index (χ1) is 15.0. The normalized spacial score (nSPS) is 15.8. The van der Waals surface area contributed by atoms with Crippen molar-refractivity contribution in [3.63, 3.8) is 0 Å². The van der Waals surface area contributed by atoms with E-state index < -0.39 is 10.0 Å². The van der Waals surface area contributed by atoms with Crippen molar-refractivity contribution in [1.29, 1.82) is 0 Å². The van der Waals surface area contributed by atoms with Gasteiger partial charge in [-0.2, -0.15) is 0 Å². The number of hydrogen-bond donors (Lipinski definition) is 2. The van der Waals surface area contributed by atoms with Gasteiger partial charge in [0, 0.05) is 18.8 Å². The van der Waals surface area contributed by atoms with Gasteiger partial charge < -0.3 is 9.73 Å². The van der Waals surface area contributed by atoms with Crippen LogP contribution in [-0.2, 0) is 16.6 Å². The number of rotatable bonds is 9. The van der Waals surface area contributed by atoms with E-state index in [1.54, 1.807) is 30.5 Å². The van der Waals surface area contributed by atoms with E-state index in [0.29, 0.717) is 29.7 Å². The molecule has 1 aliphatic carbocycles. The zero-order valence-electron chi connectivity index (χ0n) is 17.8. The Morgan fingerprint density at radius 1 is 1.10 bits per heavy atom. The number of anilines is 1. The third-order valence-electron chi connectivity index (χ3n) is 5.88. The summed E-state index contributed by atoms with van der Waals surface area (Å²) in [5.74, 6) is 1.41. The summed E-state index contributed by atoms with van der Waals surface area (Å²) < 4.78 is 33.9. The summed E-state index contributed by atoms with van der Waals surface area (Å²) in [5.41, 5.74) is 2.09. The molecule has 1 saturated carbocycles. The highest BCUT2D eigenvalue weighted by Crippen LogP contribution is 2.29. The molecule has 1 aliphatic rings. The largest absolute Gasteiger partial charge is 0.463 e. The van der Waals surface area contributed by atoms with Crippen LogP contribution >= 0.6 is 0 Å². The number of para-hydroxylation sites is 1. The molecule has 6 nitrogen and oxygen atoms in total. The van der Waals surface area contributed by atoms with E-state index in [0.717, 1.165) is 11.5 Å². The van der Waals surface area contributed by atoms with Crippen LogP contribution in [0.2, 0.25) is 0 Å². The molecule has 31 heavy (non-hydrogen) atoms. The van der Waals surface area contributed by atoms with Gasteiger partial charge in [0.15, 0.2) is 5.76 Å². The predicted molar refractivity (Wildman–Crippen MR) is 122 cm³/mol. The van der Waals surface area contributed by atoms with Crippen molar-refractivity contribution < 1.29 is 12.8 Å². The monoisotopic (exact) mass is 439 g/mol. The number of sulfonamides is 1. The fourth-order valence-electron chi connectivity index (χ4n) is 4.20. The topological polar surface area (TPSA) is 84.2 Å². The van der Waals surface area contributed by atoms with Crippen LogP contribution in [-0.4, -0.2) is 19.4 Å². The van der Waals surface area contributed by atoms with Crippen LogP contribution in [0.5, 0.6) is 0 Å². The summed E-state index contributed by atoms with van der Waals surface area (Å²) in [6, 6.07) is 14.6. The second-order valence-electron chi connectivity index (χ2n) is 8.29. The lowest BCUT2D eigenvalue weighted by Gasteiger charge is -2.19. The van der Waals surface area contributed by atoms with Gasteiger partial charge in [-0.15, -0.1) is 0 Å². The Labute approximate surface area is 184 Å². The van der Waals surface area contributed by atoms with Gasteiger partial charge in [0.2, 0.25) is 0 Å². The predicted octanol–water partition coefficient (Wildman–Crippen LogP) is 5.20. The van der Waals surface area contributed by atoms with E-state index in [1.807, 2.05) is 18.2 Å². The van der Waals surface area contributed by atoms with Crippen LogP contribution in [0.15, 0.2) is 70.3 Å². The van der Waals surface area contributed by atoms with E-state index in [9.17, 15) is 8.42 Å². The van der Waals surface area contributed by atoms with Crippen LogP contribution in [0.1, 0.15) is 44.6 Å². The standard InChI is InChI=1S/C24H29N3O3S/c1-18(15-19-7-2-3-8-19)25-16-20-9-4-5-10-22(20)27-31(28,29)21-12-13-23(26-17-21)24-11-6-14-30-24/h4-6,9-14,17-19,25,27H,2-3,7-8,15-16H2,1H3/t18-/m0/s1. The van der Waals surface area contributed by atoms with Crippen molar-refractivity contribution in [2.24, 2.45) is 5.92 Å². The van der Waals surface area contributed by atoms with Crippen molar-refractivity contribution in [2.45, 2.75) is 56.5 Å². The molecule has 3 aromatic rings. The first-order valence-corrected chi connectivity index (χ1v) is 12.3. The minimum atomic E-state index is -3.75. The fraction of sp³-hybridized carbons (Fsp3) is 0.375. The highest BCUT2D eigenvalue weighted by Gasteiger charge is 2.19. The van der Waals surface area contributed by atoms with Crippen molar-refractivity contribution in [1.82, 2.24) is 10.3 Å². The summed E-state index contributed by atoms with van der Waals surface area (Å²) in [5, 5.41) is 3.56. The van der Waals surface area contributed by atoms with Crippen molar-refractivity contribution >= 4 is 15.7 Å². The maximum absolute atomic E-state index is 12.9. The molecular weight excluding hydrogens is 410 g/mol. The Balaban J connectivity index is 1.42. The number of pyridine rings is 1. The Hall–Kier alpha value is -2.64. The molecule has 0 aliphatic heterocycles. The number of hydrogen-bond acceptors (Lipinski definition) is 5. The second-order valence-corrected chi connectivity index (χ2v) is 9.97. The Kier molecular flexibility index (Phi) is 6.73. The average molecular weight is 440 g/mol. The number of nitrogens with zero attached hydrogens (tertiary/aromatic N) is 1. The van der Waals surface area contributed by atoms with Gasteiger partial charge in [-0.1, -0.05) is 43.9 Å². The number of nitrogens with one attached hydrogen (secondary N) is 2. The Bertz CT molecular complexity index is 1070. The molecule has 1 fully saturated rings. The molecule has 0 spiro atoms. The summed E-state index contributed by atoms with van der Waals surface area (Å²) >= 11 is 0. The second kappa shape index (κ2) is 9.66. The van der Waals surface area contributed by atoms with E-state index in [4.69, 9.17) is 4.42 Å². The minimum Gasteiger partial charge on any atom is -0.463 e. The van der Waals surface area contributed by atoms with Crippen LogP contribution in [0.4, 0.5) is 5.69 Å². The molecule has 7 heteroatoms. The first kappa shape index (κ1) is 21.6. The molecule has 2 aromatic heterocycles. The molecule has 0 unspecified atom stereocenters. The molecule has 0 saturated heterocycles. The molecular formula is C24H29N3O3S. The first-order valence-electron chi connectivity index (χ1n) is 10.9. The maximum atomic E-state index is 12.9. The molecule has 1 atom stereocenters. The zero-order chi connectivity index (χ0) is 21.7. The lowest BCUT2D eigenvalue weighted by Crippen LogP contribution is -2.28. The van der Waals surface area contributed by atoms with Crippen LogP contribution < -0.4 is 10.0 Å². The fourth-order valence-corrected chi connectivity index (χ4v) is 5.25. The quantitative estimate of drug-likeness (QED) is 0.479. The minimum absolute atomic E-state index is 0.111. The third-order valence-corrected chi connectivity index (χ3v) is 7.24. The molecule has 164 valence electrons. The Morgan fingerprint density at radius 2 is 1.90 bits per heavy atom. The molecule has 0 radical (unpaired) electrons. The molecule has 2 heterocycles. The number of furan rings is 1. The van der Waals surface area contributed by atoms with Crippen molar-refractivity contribution in [3.05, 3.63) is 66.6 Å². The molecule has 2 N–H and O–H groups in total. The smallest absolute Gasteiger partial charge is 0.263 e. The SMILES string of the molecule is C[C@@H](CC1CCCC1)NCc1ccccc1NS(=O)(=O)c1ccc(-c2ccco2)nc1. The summed E-state index contributed by atoms with van der Waals surface area (Å²) in [7, 11) is -3.75. The number of benzene rings is 1. The molecule has 4 rings (SSSR count). The van der Waals surface area contributed by atoms with E-state index in [1.165, 1.54) is 44.4 Å². The Morgan fingerprint density at radius 3 is 2.61 bits per heavy atom.